The Bertz CT molecular complexity index is 1040. The molecule has 1 amide bonds. The van der Waals surface area contributed by atoms with Crippen LogP contribution in [0.1, 0.15) is 45.0 Å². The fourth-order valence-corrected chi connectivity index (χ4v) is 4.31. The number of aliphatic hydroxyl groups excluding tert-OH is 2. The molecule has 0 spiro atoms. The molecule has 34 heavy (non-hydrogen) atoms. The van der Waals surface area contributed by atoms with Crippen molar-refractivity contribution in [2.24, 2.45) is 0 Å². The van der Waals surface area contributed by atoms with E-state index in [1.807, 2.05) is 12.1 Å². The van der Waals surface area contributed by atoms with Gasteiger partial charge in [0.15, 0.2) is 6.23 Å². The number of nitrogens with zero attached hydrogens (tertiary/aromatic N) is 3. The number of hydrogen-bond acceptors (Lipinski definition) is 8. The maximum atomic E-state index is 12.6. The molecule has 3 atom stereocenters. The van der Waals surface area contributed by atoms with Crippen LogP contribution in [0.3, 0.4) is 0 Å². The van der Waals surface area contributed by atoms with Crippen molar-refractivity contribution in [2.45, 2.75) is 58.3 Å². The summed E-state index contributed by atoms with van der Waals surface area (Å²) in [4.78, 5) is 20.5. The minimum Gasteiger partial charge on any atom is -0.444 e. The largest absolute Gasteiger partial charge is 0.444 e. The van der Waals surface area contributed by atoms with E-state index < -0.39 is 24.0 Å². The second-order valence-electron chi connectivity index (χ2n) is 9.59. The molecule has 10 heteroatoms. The summed E-state index contributed by atoms with van der Waals surface area (Å²) in [6.45, 7) is 9.04. The molecule has 184 valence electrons. The van der Waals surface area contributed by atoms with Gasteiger partial charge in [-0.1, -0.05) is 11.6 Å². The highest BCUT2D eigenvalue weighted by atomic mass is 35.5. The first kappa shape index (κ1) is 24.5. The third kappa shape index (κ3) is 5.22. The topological polar surface area (TPSA) is 107 Å². The van der Waals surface area contributed by atoms with Crippen LogP contribution in [-0.4, -0.2) is 63.7 Å². The molecule has 0 saturated carbocycles. The molecule has 3 heterocycles. The SMILES string of the molecule is CC(O)C1CN(c2ccc(Nc3ccc(Cl)c4c3C(O)N(C(=O)OC(C)(C)C)C4)nc2)CCO1. The van der Waals surface area contributed by atoms with Crippen LogP contribution in [0.4, 0.5) is 22.0 Å². The summed E-state index contributed by atoms with van der Waals surface area (Å²) in [6.07, 6.45) is -0.836. The van der Waals surface area contributed by atoms with E-state index in [0.717, 1.165) is 12.2 Å². The van der Waals surface area contributed by atoms with E-state index in [-0.39, 0.29) is 12.6 Å². The smallest absolute Gasteiger partial charge is 0.412 e. The van der Waals surface area contributed by atoms with E-state index >= 15 is 0 Å². The molecule has 0 aliphatic carbocycles. The van der Waals surface area contributed by atoms with Gasteiger partial charge in [0, 0.05) is 34.9 Å². The number of amides is 1. The number of pyridine rings is 1. The number of carbonyl (C=O) groups excluding carboxylic acids is 1. The van der Waals surface area contributed by atoms with Crippen molar-refractivity contribution in [1.29, 1.82) is 0 Å². The average Bonchev–Trinajstić information content (AvgIpc) is 3.14. The molecule has 1 fully saturated rings. The van der Waals surface area contributed by atoms with Crippen LogP contribution in [0.5, 0.6) is 0 Å². The number of ether oxygens (including phenoxy) is 2. The second-order valence-corrected chi connectivity index (χ2v) is 10.00. The Labute approximate surface area is 204 Å². The first-order valence-corrected chi connectivity index (χ1v) is 11.7. The summed E-state index contributed by atoms with van der Waals surface area (Å²) in [7, 11) is 0. The molecular weight excluding hydrogens is 460 g/mol. The van der Waals surface area contributed by atoms with Gasteiger partial charge >= 0.3 is 6.09 Å². The highest BCUT2D eigenvalue weighted by molar-refractivity contribution is 6.31. The lowest BCUT2D eigenvalue weighted by atomic mass is 10.1. The monoisotopic (exact) mass is 490 g/mol. The maximum absolute atomic E-state index is 12.6. The lowest BCUT2D eigenvalue weighted by Crippen LogP contribution is -2.47. The predicted molar refractivity (Wildman–Crippen MR) is 129 cm³/mol. The number of fused-ring (bicyclic) bond motifs is 1. The Kier molecular flexibility index (Phi) is 6.91. The molecule has 1 aromatic heterocycles. The molecule has 2 aromatic rings. The predicted octanol–water partition coefficient (Wildman–Crippen LogP) is 3.81. The summed E-state index contributed by atoms with van der Waals surface area (Å²) < 4.78 is 11.0. The summed E-state index contributed by atoms with van der Waals surface area (Å²) in [5.41, 5.74) is 2.05. The normalized spacial score (nSPS) is 21.3. The van der Waals surface area contributed by atoms with Crippen LogP contribution < -0.4 is 10.2 Å². The molecule has 1 aromatic carbocycles. The van der Waals surface area contributed by atoms with E-state index in [1.54, 1.807) is 46.0 Å². The van der Waals surface area contributed by atoms with E-state index in [9.17, 15) is 15.0 Å². The minimum absolute atomic E-state index is 0.146. The molecule has 0 radical (unpaired) electrons. The van der Waals surface area contributed by atoms with E-state index in [1.165, 1.54) is 4.90 Å². The number of morpholine rings is 1. The zero-order chi connectivity index (χ0) is 24.6. The number of anilines is 3. The standard InChI is InChI=1S/C24H31ClN4O5/c1-14(30)19-13-28(9-10-33-19)15-5-8-20(26-11-15)27-18-7-6-17(25)16-12-29(22(31)21(16)18)23(32)34-24(2,3)4/h5-8,11,14,19,22,30-31H,9-10,12-13H2,1-4H3,(H,26,27). The molecule has 1 saturated heterocycles. The van der Waals surface area contributed by atoms with Crippen LogP contribution in [0, 0.1) is 0 Å². The fraction of sp³-hybridized carbons (Fsp3) is 0.500. The number of halogens is 1. The fourth-order valence-electron chi connectivity index (χ4n) is 4.09. The van der Waals surface area contributed by atoms with Gasteiger partial charge in [0.1, 0.15) is 17.5 Å². The van der Waals surface area contributed by atoms with Crippen LogP contribution in [-0.2, 0) is 16.0 Å². The number of benzene rings is 1. The van der Waals surface area contributed by atoms with E-state index in [0.29, 0.717) is 40.8 Å². The Morgan fingerprint density at radius 1 is 1.32 bits per heavy atom. The van der Waals surface area contributed by atoms with Gasteiger partial charge in [-0.15, -0.1) is 0 Å². The molecule has 0 bridgehead atoms. The molecule has 9 nitrogen and oxygen atoms in total. The van der Waals surface area contributed by atoms with Crippen LogP contribution in [0.25, 0.3) is 0 Å². The molecule has 2 aliphatic heterocycles. The van der Waals surface area contributed by atoms with Gasteiger partial charge < -0.3 is 29.9 Å². The van der Waals surface area contributed by atoms with Crippen molar-refractivity contribution < 1.29 is 24.5 Å². The minimum atomic E-state index is -1.20. The van der Waals surface area contributed by atoms with Crippen molar-refractivity contribution in [3.8, 4) is 0 Å². The molecule has 3 unspecified atom stereocenters. The van der Waals surface area contributed by atoms with Gasteiger partial charge in [0.25, 0.3) is 0 Å². The quantitative estimate of drug-likeness (QED) is 0.594. The third-order valence-electron chi connectivity index (χ3n) is 5.82. The van der Waals surface area contributed by atoms with Crippen LogP contribution in [0.2, 0.25) is 5.02 Å². The number of nitrogens with one attached hydrogen (secondary N) is 1. The molecule has 2 aliphatic rings. The van der Waals surface area contributed by atoms with Crippen LogP contribution in [0.15, 0.2) is 30.5 Å². The van der Waals surface area contributed by atoms with Gasteiger partial charge in [-0.2, -0.15) is 0 Å². The molecular formula is C24H31ClN4O5. The lowest BCUT2D eigenvalue weighted by molar-refractivity contribution is -0.0364. The number of carbonyl (C=O) groups is 1. The number of aliphatic hydroxyl groups is 2. The van der Waals surface area contributed by atoms with Gasteiger partial charge in [-0.05, 0) is 52.0 Å². The van der Waals surface area contributed by atoms with Crippen molar-refractivity contribution in [1.82, 2.24) is 9.88 Å². The maximum Gasteiger partial charge on any atom is 0.412 e. The third-order valence-corrected chi connectivity index (χ3v) is 6.17. The summed E-state index contributed by atoms with van der Waals surface area (Å²) >= 11 is 6.39. The van der Waals surface area contributed by atoms with Gasteiger partial charge in [-0.25, -0.2) is 9.78 Å². The Morgan fingerprint density at radius 2 is 2.09 bits per heavy atom. The Morgan fingerprint density at radius 3 is 2.74 bits per heavy atom. The zero-order valence-corrected chi connectivity index (χ0v) is 20.5. The van der Waals surface area contributed by atoms with E-state index in [2.05, 4.69) is 15.2 Å². The van der Waals surface area contributed by atoms with Crippen molar-refractivity contribution in [3.05, 3.63) is 46.6 Å². The van der Waals surface area contributed by atoms with Gasteiger partial charge in [0.2, 0.25) is 0 Å². The molecule has 3 N–H and O–H groups in total. The number of hydrogen-bond donors (Lipinski definition) is 3. The summed E-state index contributed by atoms with van der Waals surface area (Å²) in [5.74, 6) is 0.580. The summed E-state index contributed by atoms with van der Waals surface area (Å²) in [6, 6.07) is 7.27. The highest BCUT2D eigenvalue weighted by Gasteiger charge is 2.38. The number of rotatable bonds is 4. The Balaban J connectivity index is 1.51. The highest BCUT2D eigenvalue weighted by Crippen LogP contribution is 2.42. The molecule has 4 rings (SSSR count). The van der Waals surface area contributed by atoms with Crippen molar-refractivity contribution in [3.63, 3.8) is 0 Å². The van der Waals surface area contributed by atoms with Crippen molar-refractivity contribution >= 4 is 34.9 Å². The first-order chi connectivity index (χ1) is 16.0. The average molecular weight is 491 g/mol. The lowest BCUT2D eigenvalue weighted by Gasteiger charge is -2.35. The van der Waals surface area contributed by atoms with Crippen molar-refractivity contribution in [2.75, 3.05) is 29.9 Å². The Hall–Kier alpha value is -2.59. The first-order valence-electron chi connectivity index (χ1n) is 11.3. The van der Waals surface area contributed by atoms with Crippen LogP contribution >= 0.6 is 11.6 Å². The zero-order valence-electron chi connectivity index (χ0n) is 19.8. The van der Waals surface area contributed by atoms with E-state index in [4.69, 9.17) is 21.1 Å². The second kappa shape index (κ2) is 9.58. The number of aromatic nitrogens is 1. The van der Waals surface area contributed by atoms with Gasteiger partial charge in [-0.3, -0.25) is 4.90 Å². The van der Waals surface area contributed by atoms with Gasteiger partial charge in [0.05, 0.1) is 31.1 Å². The summed E-state index contributed by atoms with van der Waals surface area (Å²) in [5, 5.41) is 24.5.